The van der Waals surface area contributed by atoms with Gasteiger partial charge in [-0.1, -0.05) is 32.0 Å². The number of rotatable bonds is 4. The molecule has 4 nitrogen and oxygen atoms in total. The Hall–Kier alpha value is -1.49. The average Bonchev–Trinajstić information content (AvgIpc) is 2.58. The van der Waals surface area contributed by atoms with Crippen molar-refractivity contribution in [3.63, 3.8) is 0 Å². The van der Waals surface area contributed by atoms with Crippen LogP contribution in [-0.4, -0.2) is 28.0 Å². The summed E-state index contributed by atoms with van der Waals surface area (Å²) < 4.78 is 0. The highest BCUT2D eigenvalue weighted by Gasteiger charge is 2.39. The van der Waals surface area contributed by atoms with Crippen molar-refractivity contribution < 1.29 is 9.59 Å². The Kier molecular flexibility index (Phi) is 3.91. The van der Waals surface area contributed by atoms with Gasteiger partial charge in [-0.3, -0.25) is 14.5 Å². The molecule has 2 amide bonds. The lowest BCUT2D eigenvalue weighted by Crippen LogP contribution is -2.36. The number of benzene rings is 1. The number of hydrogen-bond donors (Lipinski definition) is 1. The van der Waals surface area contributed by atoms with E-state index < -0.39 is 5.37 Å². The lowest BCUT2D eigenvalue weighted by Gasteiger charge is -2.16. The number of amides is 2. The van der Waals surface area contributed by atoms with Gasteiger partial charge in [-0.2, -0.15) is 0 Å². The Bertz CT molecular complexity index is 448. The molecule has 0 aromatic heterocycles. The molecule has 1 aliphatic rings. The predicted octanol–water partition coefficient (Wildman–Crippen LogP) is 2.78. The number of imide groups is 1. The van der Waals surface area contributed by atoms with E-state index in [9.17, 15) is 9.59 Å². The topological polar surface area (TPSA) is 49.4 Å². The van der Waals surface area contributed by atoms with Gasteiger partial charge in [0, 0.05) is 12.2 Å². The summed E-state index contributed by atoms with van der Waals surface area (Å²) in [7, 11) is 0. The fraction of sp³-hybridized carbons (Fsp3) is 0.385. The van der Waals surface area contributed by atoms with Crippen molar-refractivity contribution in [2.75, 3.05) is 11.9 Å². The van der Waals surface area contributed by atoms with E-state index in [1.54, 1.807) is 0 Å². The summed E-state index contributed by atoms with van der Waals surface area (Å²) in [5, 5.41) is 2.41. The van der Waals surface area contributed by atoms with Gasteiger partial charge < -0.3 is 5.32 Å². The van der Waals surface area contributed by atoms with E-state index in [1.807, 2.05) is 44.2 Å². The minimum absolute atomic E-state index is 0.150. The van der Waals surface area contributed by atoms with E-state index in [0.717, 1.165) is 17.4 Å². The highest BCUT2D eigenvalue weighted by atomic mass is 32.2. The zero-order valence-electron chi connectivity index (χ0n) is 10.4. The van der Waals surface area contributed by atoms with Gasteiger partial charge in [0.25, 0.3) is 11.1 Å². The van der Waals surface area contributed by atoms with Crippen LogP contribution in [0.1, 0.15) is 13.8 Å². The second kappa shape index (κ2) is 5.44. The largest absolute Gasteiger partial charge is 0.365 e. The van der Waals surface area contributed by atoms with Crippen LogP contribution in [0.2, 0.25) is 0 Å². The quantitative estimate of drug-likeness (QED) is 0.908. The van der Waals surface area contributed by atoms with Crippen molar-refractivity contribution in [2.24, 2.45) is 5.92 Å². The van der Waals surface area contributed by atoms with Gasteiger partial charge >= 0.3 is 0 Å². The fourth-order valence-electron chi connectivity index (χ4n) is 1.75. The Morgan fingerprint density at radius 1 is 1.28 bits per heavy atom. The van der Waals surface area contributed by atoms with E-state index in [0.29, 0.717) is 6.54 Å². The van der Waals surface area contributed by atoms with Crippen molar-refractivity contribution in [1.82, 2.24) is 4.90 Å². The van der Waals surface area contributed by atoms with E-state index in [-0.39, 0.29) is 17.1 Å². The summed E-state index contributed by atoms with van der Waals surface area (Å²) in [4.78, 5) is 25.2. The van der Waals surface area contributed by atoms with Gasteiger partial charge in [-0.25, -0.2) is 0 Å². The van der Waals surface area contributed by atoms with Crippen molar-refractivity contribution in [2.45, 2.75) is 19.2 Å². The van der Waals surface area contributed by atoms with E-state index in [4.69, 9.17) is 0 Å². The number of carbonyl (C=O) groups is 2. The number of thioether (sulfide) groups is 1. The van der Waals surface area contributed by atoms with Crippen LogP contribution in [0.4, 0.5) is 10.5 Å². The highest BCUT2D eigenvalue weighted by molar-refractivity contribution is 8.15. The molecular formula is C13H16N2O2S. The molecule has 1 aromatic rings. The maximum Gasteiger partial charge on any atom is 0.290 e. The zero-order chi connectivity index (χ0) is 13.1. The SMILES string of the molecule is CC(C)CN1C(=O)SC(Nc2ccccc2)C1=O. The van der Waals surface area contributed by atoms with Crippen LogP contribution >= 0.6 is 11.8 Å². The van der Waals surface area contributed by atoms with Crippen LogP contribution in [0.15, 0.2) is 30.3 Å². The first-order valence-corrected chi connectivity index (χ1v) is 6.79. The third-order valence-corrected chi connectivity index (χ3v) is 3.53. The lowest BCUT2D eigenvalue weighted by atomic mass is 10.2. The summed E-state index contributed by atoms with van der Waals surface area (Å²) in [6.07, 6.45) is 0. The van der Waals surface area contributed by atoms with Crippen LogP contribution in [0.5, 0.6) is 0 Å². The molecular weight excluding hydrogens is 248 g/mol. The molecule has 1 atom stereocenters. The first-order chi connectivity index (χ1) is 8.58. The van der Waals surface area contributed by atoms with Crippen molar-refractivity contribution in [3.8, 4) is 0 Å². The first kappa shape index (κ1) is 13.0. The third-order valence-electron chi connectivity index (χ3n) is 2.55. The maximum atomic E-state index is 12.1. The molecule has 0 aliphatic carbocycles. The average molecular weight is 264 g/mol. The molecule has 1 heterocycles. The number of nitrogens with one attached hydrogen (secondary N) is 1. The number of para-hydroxylation sites is 1. The van der Waals surface area contributed by atoms with E-state index in [1.165, 1.54) is 4.90 Å². The Balaban J connectivity index is 2.04. The van der Waals surface area contributed by atoms with E-state index >= 15 is 0 Å². The van der Waals surface area contributed by atoms with Gasteiger partial charge in [0.05, 0.1) is 0 Å². The van der Waals surface area contributed by atoms with Crippen LogP contribution < -0.4 is 5.32 Å². The fourth-order valence-corrected chi connectivity index (χ4v) is 2.67. The normalized spacial score (nSPS) is 19.7. The van der Waals surface area contributed by atoms with Gasteiger partial charge in [-0.15, -0.1) is 0 Å². The number of nitrogens with zero attached hydrogens (tertiary/aromatic N) is 1. The Morgan fingerprint density at radius 3 is 2.56 bits per heavy atom. The molecule has 0 spiro atoms. The minimum Gasteiger partial charge on any atom is -0.365 e. The summed E-state index contributed by atoms with van der Waals surface area (Å²) in [6.45, 7) is 4.46. The number of carbonyl (C=O) groups excluding carboxylic acids is 2. The van der Waals surface area contributed by atoms with Crippen LogP contribution in [-0.2, 0) is 4.79 Å². The molecule has 0 bridgehead atoms. The summed E-state index contributed by atoms with van der Waals surface area (Å²) in [5.74, 6) is 0.136. The summed E-state index contributed by atoms with van der Waals surface area (Å²) >= 11 is 1.04. The van der Waals surface area contributed by atoms with Crippen molar-refractivity contribution in [3.05, 3.63) is 30.3 Å². The van der Waals surface area contributed by atoms with Crippen molar-refractivity contribution in [1.29, 1.82) is 0 Å². The minimum atomic E-state index is -0.501. The summed E-state index contributed by atoms with van der Waals surface area (Å²) in [5.41, 5.74) is 0.850. The molecule has 2 rings (SSSR count). The molecule has 1 fully saturated rings. The van der Waals surface area contributed by atoms with Crippen LogP contribution in [0, 0.1) is 5.92 Å². The number of anilines is 1. The molecule has 1 aromatic carbocycles. The molecule has 0 radical (unpaired) electrons. The lowest BCUT2D eigenvalue weighted by molar-refractivity contribution is -0.126. The van der Waals surface area contributed by atoms with Crippen LogP contribution in [0.25, 0.3) is 0 Å². The second-order valence-corrected chi connectivity index (χ2v) is 5.67. The maximum absolute atomic E-state index is 12.1. The smallest absolute Gasteiger partial charge is 0.290 e. The molecule has 1 aliphatic heterocycles. The molecule has 1 unspecified atom stereocenters. The highest BCUT2D eigenvalue weighted by Crippen LogP contribution is 2.28. The molecule has 0 saturated carbocycles. The second-order valence-electron chi connectivity index (χ2n) is 4.62. The first-order valence-electron chi connectivity index (χ1n) is 5.91. The van der Waals surface area contributed by atoms with Gasteiger partial charge in [0.2, 0.25) is 0 Å². The third kappa shape index (κ3) is 2.85. The zero-order valence-corrected chi connectivity index (χ0v) is 11.2. The molecule has 5 heteroatoms. The van der Waals surface area contributed by atoms with Gasteiger partial charge in [0.15, 0.2) is 5.37 Å². The molecule has 1 saturated heterocycles. The monoisotopic (exact) mass is 264 g/mol. The van der Waals surface area contributed by atoms with Gasteiger partial charge in [0.1, 0.15) is 0 Å². The Morgan fingerprint density at radius 2 is 1.94 bits per heavy atom. The molecule has 18 heavy (non-hydrogen) atoms. The van der Waals surface area contributed by atoms with E-state index in [2.05, 4.69) is 5.32 Å². The van der Waals surface area contributed by atoms with Crippen LogP contribution in [0.3, 0.4) is 0 Å². The van der Waals surface area contributed by atoms with Gasteiger partial charge in [-0.05, 0) is 29.8 Å². The number of hydrogen-bond acceptors (Lipinski definition) is 4. The molecule has 96 valence electrons. The Labute approximate surface area is 111 Å². The predicted molar refractivity (Wildman–Crippen MR) is 73.4 cm³/mol. The summed E-state index contributed by atoms with van der Waals surface area (Å²) in [6, 6.07) is 9.44. The van der Waals surface area contributed by atoms with Crippen molar-refractivity contribution >= 4 is 28.6 Å². The standard InChI is InChI=1S/C13H16N2O2S/c1-9(2)8-15-12(16)11(18-13(15)17)14-10-6-4-3-5-7-10/h3-7,9,11,14H,8H2,1-2H3. The molecule has 1 N–H and O–H groups in total.